The predicted molar refractivity (Wildman–Crippen MR) is 65.9 cm³/mol. The van der Waals surface area contributed by atoms with Gasteiger partial charge in [-0.3, -0.25) is 0 Å². The first-order valence-electron chi connectivity index (χ1n) is 5.64. The number of hydrogen-bond donors (Lipinski definition) is 0. The summed E-state index contributed by atoms with van der Waals surface area (Å²) in [5.74, 6) is 0.692. The molecular formula is C15H18. The average molecular weight is 198 g/mol. The van der Waals surface area contributed by atoms with Crippen LogP contribution in [0.2, 0.25) is 0 Å². The van der Waals surface area contributed by atoms with Crippen molar-refractivity contribution in [3.8, 4) is 0 Å². The van der Waals surface area contributed by atoms with Crippen molar-refractivity contribution in [3.63, 3.8) is 0 Å². The normalized spacial score (nSPS) is 20.1. The first kappa shape index (κ1) is 10.2. The molecule has 0 heteroatoms. The highest BCUT2D eigenvalue weighted by molar-refractivity contribution is 5.26. The molecule has 0 amide bonds. The smallest absolute Gasteiger partial charge is 0.0153 e. The Morgan fingerprint density at radius 2 is 1.87 bits per heavy atom. The molecule has 0 radical (unpaired) electrons. The van der Waals surface area contributed by atoms with Crippen molar-refractivity contribution in [2.24, 2.45) is 5.92 Å². The molecule has 0 nitrogen and oxygen atoms in total. The van der Waals surface area contributed by atoms with Crippen molar-refractivity contribution in [3.05, 3.63) is 59.2 Å². The van der Waals surface area contributed by atoms with Crippen LogP contribution in [0.25, 0.3) is 0 Å². The summed E-state index contributed by atoms with van der Waals surface area (Å²) in [6, 6.07) is 8.89. The van der Waals surface area contributed by atoms with Crippen molar-refractivity contribution in [2.75, 3.05) is 0 Å². The van der Waals surface area contributed by atoms with Crippen molar-refractivity contribution < 1.29 is 0 Å². The van der Waals surface area contributed by atoms with E-state index >= 15 is 0 Å². The van der Waals surface area contributed by atoms with Crippen LogP contribution in [0.15, 0.2) is 48.1 Å². The average Bonchev–Trinajstić information content (AvgIpc) is 2.22. The topological polar surface area (TPSA) is 0 Å². The van der Waals surface area contributed by atoms with Crippen LogP contribution in [0.5, 0.6) is 0 Å². The Morgan fingerprint density at radius 3 is 2.53 bits per heavy atom. The van der Waals surface area contributed by atoms with Gasteiger partial charge in [0.2, 0.25) is 0 Å². The maximum Gasteiger partial charge on any atom is -0.0153 e. The van der Waals surface area contributed by atoms with Gasteiger partial charge in [0.25, 0.3) is 0 Å². The van der Waals surface area contributed by atoms with Crippen LogP contribution in [0, 0.1) is 12.8 Å². The van der Waals surface area contributed by atoms with Gasteiger partial charge in [0.1, 0.15) is 0 Å². The lowest BCUT2D eigenvalue weighted by atomic mass is 9.90. The Kier molecular flexibility index (Phi) is 3.05. The molecule has 0 saturated carbocycles. The lowest BCUT2D eigenvalue weighted by molar-refractivity contribution is 0.648. The monoisotopic (exact) mass is 198 g/mol. The molecule has 1 aliphatic rings. The maximum atomic E-state index is 2.39. The van der Waals surface area contributed by atoms with Gasteiger partial charge in [-0.15, -0.1) is 0 Å². The standard InChI is InChI=1S/C15H18/c1-12-6-8-14(9-7-12)11-15-5-3-4-13(2)10-15/h3-4,6-10,15H,5,11H2,1-2H3. The summed E-state index contributed by atoms with van der Waals surface area (Å²) in [5, 5.41) is 0. The van der Waals surface area contributed by atoms with E-state index in [1.807, 2.05) is 0 Å². The van der Waals surface area contributed by atoms with Crippen LogP contribution in [-0.2, 0) is 6.42 Å². The van der Waals surface area contributed by atoms with Gasteiger partial charge in [0.15, 0.2) is 0 Å². The second kappa shape index (κ2) is 4.48. The van der Waals surface area contributed by atoms with E-state index in [-0.39, 0.29) is 0 Å². The summed E-state index contributed by atoms with van der Waals surface area (Å²) in [4.78, 5) is 0. The summed E-state index contributed by atoms with van der Waals surface area (Å²) in [7, 11) is 0. The van der Waals surface area contributed by atoms with Crippen LogP contribution < -0.4 is 0 Å². The third-order valence-corrected chi connectivity index (χ3v) is 2.94. The van der Waals surface area contributed by atoms with Gasteiger partial charge in [-0.25, -0.2) is 0 Å². The molecule has 0 heterocycles. The van der Waals surface area contributed by atoms with E-state index in [9.17, 15) is 0 Å². The predicted octanol–water partition coefficient (Wildman–Crippen LogP) is 4.06. The van der Waals surface area contributed by atoms with Crippen molar-refractivity contribution >= 4 is 0 Å². The minimum Gasteiger partial charge on any atom is -0.0837 e. The minimum atomic E-state index is 0.692. The zero-order valence-electron chi connectivity index (χ0n) is 9.53. The third-order valence-electron chi connectivity index (χ3n) is 2.94. The molecule has 2 rings (SSSR count). The Morgan fingerprint density at radius 1 is 1.13 bits per heavy atom. The summed E-state index contributed by atoms with van der Waals surface area (Å²) < 4.78 is 0. The molecule has 0 spiro atoms. The molecule has 1 atom stereocenters. The first-order chi connectivity index (χ1) is 7.24. The van der Waals surface area contributed by atoms with Gasteiger partial charge in [-0.1, -0.05) is 53.6 Å². The van der Waals surface area contributed by atoms with E-state index in [2.05, 4.69) is 56.3 Å². The molecule has 0 N–H and O–H groups in total. The molecule has 1 aromatic carbocycles. The molecule has 0 fully saturated rings. The highest BCUT2D eigenvalue weighted by Crippen LogP contribution is 2.20. The Balaban J connectivity index is 2.03. The molecule has 15 heavy (non-hydrogen) atoms. The number of aryl methyl sites for hydroxylation is 1. The van der Waals surface area contributed by atoms with Crippen LogP contribution in [0.3, 0.4) is 0 Å². The molecule has 0 aliphatic heterocycles. The fourth-order valence-electron chi connectivity index (χ4n) is 2.09. The summed E-state index contributed by atoms with van der Waals surface area (Å²) in [6.45, 7) is 4.31. The summed E-state index contributed by atoms with van der Waals surface area (Å²) >= 11 is 0. The Hall–Kier alpha value is -1.30. The Bertz CT molecular complexity index is 379. The van der Waals surface area contributed by atoms with Gasteiger partial charge >= 0.3 is 0 Å². The van der Waals surface area contributed by atoms with Gasteiger partial charge in [0.05, 0.1) is 0 Å². The zero-order chi connectivity index (χ0) is 10.7. The zero-order valence-corrected chi connectivity index (χ0v) is 9.53. The van der Waals surface area contributed by atoms with E-state index in [4.69, 9.17) is 0 Å². The summed E-state index contributed by atoms with van der Waals surface area (Å²) in [6.07, 6.45) is 9.24. The first-order valence-corrected chi connectivity index (χ1v) is 5.64. The van der Waals surface area contributed by atoms with E-state index < -0.39 is 0 Å². The van der Waals surface area contributed by atoms with Crippen LogP contribution in [-0.4, -0.2) is 0 Å². The van der Waals surface area contributed by atoms with Gasteiger partial charge in [-0.05, 0) is 38.2 Å². The van der Waals surface area contributed by atoms with E-state index in [1.54, 1.807) is 0 Å². The van der Waals surface area contributed by atoms with Crippen LogP contribution in [0.1, 0.15) is 24.5 Å². The van der Waals surface area contributed by atoms with Gasteiger partial charge in [-0.2, -0.15) is 0 Å². The molecule has 0 aromatic heterocycles. The molecule has 0 bridgehead atoms. The number of benzene rings is 1. The minimum absolute atomic E-state index is 0.692. The molecule has 78 valence electrons. The molecule has 1 unspecified atom stereocenters. The number of rotatable bonds is 2. The van der Waals surface area contributed by atoms with Gasteiger partial charge < -0.3 is 0 Å². The second-order valence-electron chi connectivity index (χ2n) is 4.50. The largest absolute Gasteiger partial charge is 0.0837 e. The van der Waals surface area contributed by atoms with Crippen molar-refractivity contribution in [1.82, 2.24) is 0 Å². The highest BCUT2D eigenvalue weighted by Gasteiger charge is 2.08. The molecule has 1 aliphatic carbocycles. The maximum absolute atomic E-state index is 2.39. The van der Waals surface area contributed by atoms with Crippen LogP contribution in [0.4, 0.5) is 0 Å². The van der Waals surface area contributed by atoms with Crippen LogP contribution >= 0.6 is 0 Å². The highest BCUT2D eigenvalue weighted by atomic mass is 14.1. The molecular weight excluding hydrogens is 180 g/mol. The second-order valence-corrected chi connectivity index (χ2v) is 4.50. The SMILES string of the molecule is CC1=CC(Cc2ccc(C)cc2)CC=C1. The van der Waals surface area contributed by atoms with E-state index in [0.717, 1.165) is 0 Å². The third kappa shape index (κ3) is 2.82. The lowest BCUT2D eigenvalue weighted by Crippen LogP contribution is -2.03. The molecule has 0 saturated heterocycles. The van der Waals surface area contributed by atoms with E-state index in [1.165, 1.54) is 29.5 Å². The van der Waals surface area contributed by atoms with E-state index in [0.29, 0.717) is 5.92 Å². The fraction of sp³-hybridized carbons (Fsp3) is 0.333. The number of hydrogen-bond acceptors (Lipinski definition) is 0. The molecule has 1 aromatic rings. The fourth-order valence-corrected chi connectivity index (χ4v) is 2.09. The number of allylic oxidation sites excluding steroid dienone is 4. The van der Waals surface area contributed by atoms with Crippen molar-refractivity contribution in [1.29, 1.82) is 0 Å². The van der Waals surface area contributed by atoms with Crippen molar-refractivity contribution in [2.45, 2.75) is 26.7 Å². The quantitative estimate of drug-likeness (QED) is 0.672. The Labute approximate surface area is 92.3 Å². The summed E-state index contributed by atoms with van der Waals surface area (Å²) in [5.41, 5.74) is 4.19. The van der Waals surface area contributed by atoms with Gasteiger partial charge in [0, 0.05) is 0 Å². The lowest BCUT2D eigenvalue weighted by Gasteiger charge is -2.15.